The lowest BCUT2D eigenvalue weighted by molar-refractivity contribution is 0.0340. The molecule has 2 aromatic heterocycles. The summed E-state index contributed by atoms with van der Waals surface area (Å²) in [6.45, 7) is 5.42. The van der Waals surface area contributed by atoms with Crippen molar-refractivity contribution in [3.05, 3.63) is 68.1 Å². The van der Waals surface area contributed by atoms with E-state index in [0.29, 0.717) is 51.5 Å². The minimum absolute atomic E-state index is 0.120. The minimum Gasteiger partial charge on any atom is -0.379 e. The summed E-state index contributed by atoms with van der Waals surface area (Å²) in [5, 5.41) is 15.0. The molecule has 0 spiro atoms. The smallest absolute Gasteiger partial charge is 0.285 e. The topological polar surface area (TPSA) is 92.2 Å². The van der Waals surface area contributed by atoms with E-state index in [2.05, 4.69) is 25.4 Å². The molecule has 9 nitrogen and oxygen atoms in total. The Kier molecular flexibility index (Phi) is 5.90. The molecule has 5 rings (SSSR count). The zero-order chi connectivity index (χ0) is 22.1. The number of fused-ring (bicyclic) bond motifs is 1. The molecule has 0 aliphatic carbocycles. The normalized spacial score (nSPS) is 16.9. The molecule has 168 valence electrons. The predicted molar refractivity (Wildman–Crippen MR) is 116 cm³/mol. The van der Waals surface area contributed by atoms with Crippen LogP contribution in [0.1, 0.15) is 22.5 Å². The van der Waals surface area contributed by atoms with Crippen LogP contribution in [0.2, 0.25) is 5.02 Å². The van der Waals surface area contributed by atoms with Crippen LogP contribution in [0.4, 0.5) is 10.1 Å². The Morgan fingerprint density at radius 1 is 1.16 bits per heavy atom. The highest BCUT2D eigenvalue weighted by Gasteiger charge is 2.25. The number of hydrogen-bond acceptors (Lipinski definition) is 7. The van der Waals surface area contributed by atoms with Gasteiger partial charge in [0, 0.05) is 32.6 Å². The lowest BCUT2D eigenvalue weighted by Gasteiger charge is -2.29. The molecular weight excluding hydrogens is 437 g/mol. The van der Waals surface area contributed by atoms with Crippen LogP contribution >= 0.6 is 11.6 Å². The lowest BCUT2D eigenvalue weighted by Crippen LogP contribution is -2.36. The monoisotopic (exact) mass is 459 g/mol. The minimum atomic E-state index is -0.414. The molecule has 3 aromatic rings. The quantitative estimate of drug-likeness (QED) is 0.619. The highest BCUT2D eigenvalue weighted by atomic mass is 35.5. The van der Waals surface area contributed by atoms with Crippen LogP contribution in [0.5, 0.6) is 0 Å². The molecule has 2 aliphatic rings. The van der Waals surface area contributed by atoms with Crippen molar-refractivity contribution in [3.8, 4) is 0 Å². The van der Waals surface area contributed by atoms with Crippen molar-refractivity contribution in [2.24, 2.45) is 0 Å². The van der Waals surface area contributed by atoms with Gasteiger partial charge in [0.25, 0.3) is 5.56 Å². The van der Waals surface area contributed by atoms with Crippen molar-refractivity contribution in [3.63, 3.8) is 0 Å². The number of hydrogen-bond donors (Lipinski definition) is 1. The molecule has 11 heteroatoms. The van der Waals surface area contributed by atoms with E-state index in [1.165, 1.54) is 6.07 Å². The Bertz CT molecular complexity index is 1180. The van der Waals surface area contributed by atoms with Crippen LogP contribution in [0.25, 0.3) is 0 Å². The Hall–Kier alpha value is -2.82. The first-order chi connectivity index (χ1) is 15.6. The van der Waals surface area contributed by atoms with Gasteiger partial charge in [-0.2, -0.15) is 5.10 Å². The Labute approximate surface area is 188 Å². The maximum absolute atomic E-state index is 14.0. The van der Waals surface area contributed by atoms with Crippen molar-refractivity contribution >= 4 is 17.3 Å². The van der Waals surface area contributed by atoms with E-state index in [0.717, 1.165) is 35.6 Å². The van der Waals surface area contributed by atoms with E-state index in [-0.39, 0.29) is 10.8 Å². The second-order valence-electron chi connectivity index (χ2n) is 8.01. The van der Waals surface area contributed by atoms with Crippen LogP contribution < -0.4 is 10.5 Å². The number of aromatic amines is 1. The molecule has 1 N–H and O–H groups in total. The predicted octanol–water partition coefficient (Wildman–Crippen LogP) is 1.60. The summed E-state index contributed by atoms with van der Waals surface area (Å²) in [5.41, 5.74) is 4.02. The second kappa shape index (κ2) is 8.97. The SMILES string of the molecule is O=c1[nH]ncc(N2CCc3c(nnn3Cc3ccc(F)cc3CN3CCOCC3)C2)c1Cl. The Morgan fingerprint density at radius 2 is 2.00 bits per heavy atom. The molecule has 0 amide bonds. The Balaban J connectivity index is 1.36. The van der Waals surface area contributed by atoms with Crippen molar-refractivity contribution in [2.45, 2.75) is 26.1 Å². The number of morpholine rings is 1. The van der Waals surface area contributed by atoms with E-state index >= 15 is 0 Å². The van der Waals surface area contributed by atoms with Gasteiger partial charge in [0.05, 0.1) is 43.9 Å². The summed E-state index contributed by atoms with van der Waals surface area (Å²) >= 11 is 6.17. The van der Waals surface area contributed by atoms with Crippen LogP contribution in [0, 0.1) is 5.82 Å². The number of H-pyrrole nitrogens is 1. The van der Waals surface area contributed by atoms with E-state index in [4.69, 9.17) is 16.3 Å². The number of rotatable bonds is 5. The molecule has 0 radical (unpaired) electrons. The van der Waals surface area contributed by atoms with Crippen LogP contribution in [0.15, 0.2) is 29.2 Å². The van der Waals surface area contributed by atoms with Crippen LogP contribution in [0.3, 0.4) is 0 Å². The summed E-state index contributed by atoms with van der Waals surface area (Å²) in [6, 6.07) is 4.93. The van der Waals surface area contributed by atoms with E-state index in [9.17, 15) is 9.18 Å². The average Bonchev–Trinajstić information content (AvgIpc) is 3.20. The molecule has 0 unspecified atom stereocenters. The van der Waals surface area contributed by atoms with Gasteiger partial charge in [-0.05, 0) is 23.3 Å². The van der Waals surface area contributed by atoms with Gasteiger partial charge in [-0.3, -0.25) is 9.69 Å². The maximum atomic E-state index is 14.0. The zero-order valence-electron chi connectivity index (χ0n) is 17.4. The number of aromatic nitrogens is 5. The zero-order valence-corrected chi connectivity index (χ0v) is 18.2. The molecule has 1 fully saturated rings. The van der Waals surface area contributed by atoms with Gasteiger partial charge in [-0.25, -0.2) is 14.2 Å². The van der Waals surface area contributed by atoms with E-state index in [1.54, 1.807) is 12.3 Å². The van der Waals surface area contributed by atoms with Gasteiger partial charge in [-0.15, -0.1) is 5.10 Å². The number of benzene rings is 1. The third-order valence-electron chi connectivity index (χ3n) is 5.98. The van der Waals surface area contributed by atoms with Crippen molar-refractivity contribution in [2.75, 3.05) is 37.7 Å². The summed E-state index contributed by atoms with van der Waals surface area (Å²) in [4.78, 5) is 16.0. The average molecular weight is 460 g/mol. The van der Waals surface area contributed by atoms with Crippen LogP contribution in [-0.2, 0) is 30.8 Å². The standard InChI is InChI=1S/C21H23ClFN7O2/c22-20-19(10-24-26-21(20)31)29-4-3-18-17(13-29)25-27-30(18)12-14-1-2-16(23)9-15(14)11-28-5-7-32-8-6-28/h1-2,9-10H,3-8,11-13H2,(H,26,31). The van der Waals surface area contributed by atoms with Crippen LogP contribution in [-0.4, -0.2) is 62.9 Å². The molecule has 0 atom stereocenters. The molecule has 0 saturated carbocycles. The number of ether oxygens (including phenoxy) is 1. The fourth-order valence-corrected chi connectivity index (χ4v) is 4.46. The maximum Gasteiger partial charge on any atom is 0.285 e. The van der Waals surface area contributed by atoms with Gasteiger partial charge in [0.2, 0.25) is 0 Å². The van der Waals surface area contributed by atoms with Crippen molar-refractivity contribution in [1.82, 2.24) is 30.1 Å². The van der Waals surface area contributed by atoms with E-state index < -0.39 is 5.56 Å². The molecule has 1 aromatic carbocycles. The van der Waals surface area contributed by atoms with Gasteiger partial charge in [-0.1, -0.05) is 22.9 Å². The summed E-state index contributed by atoms with van der Waals surface area (Å²) in [5.74, 6) is -0.239. The number of nitrogens with one attached hydrogen (secondary N) is 1. The first-order valence-electron chi connectivity index (χ1n) is 10.6. The summed E-state index contributed by atoms with van der Waals surface area (Å²) < 4.78 is 21.3. The number of nitrogens with zero attached hydrogens (tertiary/aromatic N) is 6. The third-order valence-corrected chi connectivity index (χ3v) is 6.35. The highest BCUT2D eigenvalue weighted by Crippen LogP contribution is 2.27. The molecule has 1 saturated heterocycles. The Morgan fingerprint density at radius 3 is 2.84 bits per heavy atom. The highest BCUT2D eigenvalue weighted by molar-refractivity contribution is 6.32. The first-order valence-corrected chi connectivity index (χ1v) is 10.9. The molecule has 0 bridgehead atoms. The fraction of sp³-hybridized carbons (Fsp3) is 0.429. The van der Waals surface area contributed by atoms with Gasteiger partial charge in [0.15, 0.2) is 0 Å². The second-order valence-corrected chi connectivity index (χ2v) is 8.39. The van der Waals surface area contributed by atoms with Gasteiger partial charge >= 0.3 is 0 Å². The van der Waals surface area contributed by atoms with Gasteiger partial charge in [0.1, 0.15) is 16.5 Å². The number of anilines is 1. The summed E-state index contributed by atoms with van der Waals surface area (Å²) in [6.07, 6.45) is 2.25. The molecular formula is C21H23ClFN7O2. The summed E-state index contributed by atoms with van der Waals surface area (Å²) in [7, 11) is 0. The molecule has 4 heterocycles. The van der Waals surface area contributed by atoms with E-state index in [1.807, 2.05) is 15.6 Å². The van der Waals surface area contributed by atoms with Gasteiger partial charge < -0.3 is 9.64 Å². The largest absolute Gasteiger partial charge is 0.379 e. The van der Waals surface area contributed by atoms with Crippen molar-refractivity contribution in [1.29, 1.82) is 0 Å². The first kappa shape index (κ1) is 21.0. The molecule has 2 aliphatic heterocycles. The third kappa shape index (κ3) is 4.25. The van der Waals surface area contributed by atoms with Crippen molar-refractivity contribution < 1.29 is 9.13 Å². The number of halogens is 2. The fourth-order valence-electron chi connectivity index (χ4n) is 4.25. The lowest BCUT2D eigenvalue weighted by atomic mass is 10.1. The molecule has 32 heavy (non-hydrogen) atoms.